The van der Waals surface area contributed by atoms with Gasteiger partial charge in [-0.1, -0.05) is 11.6 Å². The predicted octanol–water partition coefficient (Wildman–Crippen LogP) is 2.31. The van der Waals surface area contributed by atoms with Crippen LogP contribution >= 0.6 is 11.6 Å². The van der Waals surface area contributed by atoms with Gasteiger partial charge in [-0.05, 0) is 6.07 Å². The van der Waals surface area contributed by atoms with Crippen LogP contribution in [0.2, 0.25) is 5.02 Å². The highest BCUT2D eigenvalue weighted by Gasteiger charge is 2.31. The van der Waals surface area contributed by atoms with Gasteiger partial charge in [-0.15, -0.1) is 0 Å². The second kappa shape index (κ2) is 7.43. The predicted molar refractivity (Wildman–Crippen MR) is 106 cm³/mol. The summed E-state index contributed by atoms with van der Waals surface area (Å²) in [6, 6.07) is 1.10. The normalized spacial score (nSPS) is 14.1. The summed E-state index contributed by atoms with van der Waals surface area (Å²) >= 11 is 6.43. The zero-order chi connectivity index (χ0) is 22.6. The molecule has 2 aromatic heterocycles. The standard InChI is InChI=1S/C19H14ClF3N4O4/c1-31-18-12(23)3-11(22)17(25-18)27-6-9(19(29)30)16(28)8-2-10(21)15(13(20)14(8)27)26-4-7(24)5-26/h2-3,6-7H,4-5,24H2,1H3,(H,29,30). The van der Waals surface area contributed by atoms with Crippen LogP contribution in [0.5, 0.6) is 5.88 Å². The van der Waals surface area contributed by atoms with Gasteiger partial charge in [0, 0.05) is 31.4 Å². The molecular weight excluding hydrogens is 441 g/mol. The zero-order valence-corrected chi connectivity index (χ0v) is 16.6. The molecule has 8 nitrogen and oxygen atoms in total. The van der Waals surface area contributed by atoms with Crippen LogP contribution in [0.3, 0.4) is 0 Å². The molecule has 0 radical (unpaired) electrons. The Bertz CT molecular complexity index is 1310. The van der Waals surface area contributed by atoms with Crippen LogP contribution < -0.4 is 20.8 Å². The molecule has 0 amide bonds. The summed E-state index contributed by atoms with van der Waals surface area (Å²) in [7, 11) is 1.10. The van der Waals surface area contributed by atoms with Crippen molar-refractivity contribution in [3.05, 3.63) is 56.6 Å². The summed E-state index contributed by atoms with van der Waals surface area (Å²) in [5.41, 5.74) is 3.65. The Kier molecular flexibility index (Phi) is 5.02. The quantitative estimate of drug-likeness (QED) is 0.622. The number of pyridine rings is 2. The molecule has 0 saturated carbocycles. The molecule has 3 N–H and O–H groups in total. The van der Waals surface area contributed by atoms with Crippen LogP contribution in [-0.4, -0.2) is 46.9 Å². The molecule has 1 aromatic carbocycles. The van der Waals surface area contributed by atoms with Crippen molar-refractivity contribution in [1.29, 1.82) is 0 Å². The lowest BCUT2D eigenvalue weighted by Crippen LogP contribution is -2.56. The van der Waals surface area contributed by atoms with Crippen molar-refractivity contribution in [1.82, 2.24) is 9.55 Å². The number of fused-ring (bicyclic) bond motifs is 1. The monoisotopic (exact) mass is 454 g/mol. The van der Waals surface area contributed by atoms with Gasteiger partial charge in [-0.25, -0.2) is 18.0 Å². The van der Waals surface area contributed by atoms with Crippen molar-refractivity contribution in [2.45, 2.75) is 6.04 Å². The molecule has 4 rings (SSSR count). The fourth-order valence-electron chi connectivity index (χ4n) is 3.46. The minimum absolute atomic E-state index is 0.0819. The van der Waals surface area contributed by atoms with Crippen molar-refractivity contribution >= 4 is 34.2 Å². The first-order valence-corrected chi connectivity index (χ1v) is 9.23. The van der Waals surface area contributed by atoms with E-state index in [2.05, 4.69) is 4.98 Å². The maximum Gasteiger partial charge on any atom is 0.341 e. The molecule has 3 aromatic rings. The number of halogens is 4. The molecule has 0 atom stereocenters. The molecule has 162 valence electrons. The second-order valence-corrected chi connectivity index (χ2v) is 7.29. The van der Waals surface area contributed by atoms with Gasteiger partial charge in [0.2, 0.25) is 5.43 Å². The van der Waals surface area contributed by atoms with Crippen molar-refractivity contribution in [2.75, 3.05) is 25.1 Å². The zero-order valence-electron chi connectivity index (χ0n) is 15.8. The highest BCUT2D eigenvalue weighted by Crippen LogP contribution is 2.38. The van der Waals surface area contributed by atoms with E-state index in [1.165, 1.54) is 4.90 Å². The fraction of sp³-hybridized carbons (Fsp3) is 0.211. The second-order valence-electron chi connectivity index (χ2n) is 6.91. The first kappa shape index (κ1) is 20.9. The summed E-state index contributed by atoms with van der Waals surface area (Å²) in [6.07, 6.45) is 0.797. The first-order chi connectivity index (χ1) is 14.6. The molecule has 3 heterocycles. The largest absolute Gasteiger partial charge is 0.479 e. The Morgan fingerprint density at radius 3 is 2.52 bits per heavy atom. The van der Waals surface area contributed by atoms with E-state index in [0.717, 1.165) is 23.9 Å². The van der Waals surface area contributed by atoms with E-state index in [9.17, 15) is 27.9 Å². The summed E-state index contributed by atoms with van der Waals surface area (Å²) in [5, 5.41) is 8.71. The van der Waals surface area contributed by atoms with E-state index in [-0.39, 0.29) is 35.4 Å². The number of carbonyl (C=O) groups is 1. The number of rotatable bonds is 4. The van der Waals surface area contributed by atoms with Crippen molar-refractivity contribution in [2.24, 2.45) is 5.73 Å². The number of benzene rings is 1. The third kappa shape index (κ3) is 3.26. The van der Waals surface area contributed by atoms with Gasteiger partial charge in [-0.2, -0.15) is 4.98 Å². The molecule has 1 aliphatic heterocycles. The number of nitrogens with zero attached hydrogens (tertiary/aromatic N) is 3. The van der Waals surface area contributed by atoms with Gasteiger partial charge in [0.15, 0.2) is 17.5 Å². The van der Waals surface area contributed by atoms with Crippen LogP contribution in [-0.2, 0) is 0 Å². The number of nitrogens with two attached hydrogens (primary N) is 1. The molecule has 1 aliphatic rings. The Morgan fingerprint density at radius 1 is 1.26 bits per heavy atom. The summed E-state index contributed by atoms with van der Waals surface area (Å²) in [5.74, 6) is -5.96. The third-order valence-electron chi connectivity index (χ3n) is 4.91. The van der Waals surface area contributed by atoms with E-state index >= 15 is 0 Å². The van der Waals surface area contributed by atoms with Crippen LogP contribution in [0, 0.1) is 17.5 Å². The highest BCUT2D eigenvalue weighted by atomic mass is 35.5. The fourth-order valence-corrected chi connectivity index (χ4v) is 3.86. The Hall–Kier alpha value is -3.31. The number of hydrogen-bond donors (Lipinski definition) is 2. The lowest BCUT2D eigenvalue weighted by Gasteiger charge is -2.39. The van der Waals surface area contributed by atoms with Crippen LogP contribution in [0.25, 0.3) is 16.7 Å². The molecule has 0 aliphatic carbocycles. The van der Waals surface area contributed by atoms with Crippen LogP contribution in [0.15, 0.2) is 23.1 Å². The Labute approximate surface area is 177 Å². The number of carboxylic acid groups (broad SMARTS) is 1. The van der Waals surface area contributed by atoms with E-state index in [4.69, 9.17) is 22.1 Å². The molecule has 0 bridgehead atoms. The number of anilines is 1. The summed E-state index contributed by atoms with van der Waals surface area (Å²) < 4.78 is 49.0. The van der Waals surface area contributed by atoms with Gasteiger partial charge in [0.05, 0.1) is 28.7 Å². The molecular formula is C19H14ClF3N4O4. The van der Waals surface area contributed by atoms with Crippen molar-refractivity contribution in [3.8, 4) is 11.7 Å². The maximum absolute atomic E-state index is 14.9. The number of methoxy groups -OCH3 is 1. The SMILES string of the molecule is COc1nc(-n2cc(C(=O)O)c(=O)c3cc(F)c(N4CC(N)C4)c(Cl)c32)c(F)cc1F. The van der Waals surface area contributed by atoms with Crippen molar-refractivity contribution < 1.29 is 27.8 Å². The Morgan fingerprint density at radius 2 is 1.94 bits per heavy atom. The third-order valence-corrected chi connectivity index (χ3v) is 5.27. The smallest absolute Gasteiger partial charge is 0.341 e. The minimum Gasteiger partial charge on any atom is -0.479 e. The average molecular weight is 455 g/mol. The summed E-state index contributed by atoms with van der Waals surface area (Å²) in [4.78, 5) is 29.5. The number of ether oxygens (including phenoxy) is 1. The number of carboxylic acids is 1. The summed E-state index contributed by atoms with van der Waals surface area (Å²) in [6.45, 7) is 0.577. The molecule has 12 heteroatoms. The molecule has 0 unspecified atom stereocenters. The molecule has 0 spiro atoms. The van der Waals surface area contributed by atoms with E-state index in [0.29, 0.717) is 6.07 Å². The van der Waals surface area contributed by atoms with Gasteiger partial charge in [0.25, 0.3) is 5.88 Å². The van der Waals surface area contributed by atoms with Gasteiger partial charge < -0.3 is 20.5 Å². The number of aromatic nitrogens is 2. The van der Waals surface area contributed by atoms with Gasteiger partial charge in [0.1, 0.15) is 11.4 Å². The lowest BCUT2D eigenvalue weighted by atomic mass is 10.1. The van der Waals surface area contributed by atoms with Gasteiger partial charge >= 0.3 is 5.97 Å². The Balaban J connectivity index is 2.13. The van der Waals surface area contributed by atoms with Gasteiger partial charge in [-0.3, -0.25) is 9.36 Å². The highest BCUT2D eigenvalue weighted by molar-refractivity contribution is 6.38. The molecule has 1 saturated heterocycles. The minimum atomic E-state index is -1.63. The lowest BCUT2D eigenvalue weighted by molar-refractivity contribution is 0.0695. The van der Waals surface area contributed by atoms with Crippen molar-refractivity contribution in [3.63, 3.8) is 0 Å². The van der Waals surface area contributed by atoms with Crippen LogP contribution in [0.4, 0.5) is 18.9 Å². The molecule has 31 heavy (non-hydrogen) atoms. The number of aromatic carboxylic acids is 1. The van der Waals surface area contributed by atoms with Crippen LogP contribution in [0.1, 0.15) is 10.4 Å². The van der Waals surface area contributed by atoms with E-state index in [1.54, 1.807) is 0 Å². The van der Waals surface area contributed by atoms with E-state index in [1.807, 2.05) is 0 Å². The first-order valence-electron chi connectivity index (χ1n) is 8.85. The topological polar surface area (TPSA) is 111 Å². The van der Waals surface area contributed by atoms with E-state index < -0.39 is 51.5 Å². The number of hydrogen-bond acceptors (Lipinski definition) is 6. The molecule has 1 fully saturated rings. The maximum atomic E-state index is 14.9. The average Bonchev–Trinajstić information content (AvgIpc) is 2.67.